The molecule has 2 bridgehead atoms. The van der Waals surface area contributed by atoms with Crippen LogP contribution in [-0.2, 0) is 16.1 Å². The first-order valence-corrected chi connectivity index (χ1v) is 12.4. The molecule has 3 fully saturated rings. The van der Waals surface area contributed by atoms with Crippen LogP contribution in [0.25, 0.3) is 11.1 Å². The number of carbonyl (C=O) groups is 2. The predicted octanol–water partition coefficient (Wildman–Crippen LogP) is 2.48. The zero-order chi connectivity index (χ0) is 22.9. The lowest BCUT2D eigenvalue weighted by molar-refractivity contribution is -0.135. The molecule has 3 aliphatic heterocycles. The van der Waals surface area contributed by atoms with Gasteiger partial charge in [-0.05, 0) is 62.6 Å². The summed E-state index contributed by atoms with van der Waals surface area (Å²) in [6.07, 6.45) is 5.79. The van der Waals surface area contributed by atoms with Gasteiger partial charge < -0.3 is 19.5 Å². The van der Waals surface area contributed by atoms with Crippen LogP contribution in [0.4, 0.5) is 0 Å². The Labute approximate surface area is 197 Å². The highest BCUT2D eigenvalue weighted by Gasteiger charge is 2.38. The molecular formula is C24H31ClN4O4. The van der Waals surface area contributed by atoms with Crippen LogP contribution in [-0.4, -0.2) is 64.9 Å². The molecule has 0 spiro atoms. The van der Waals surface area contributed by atoms with E-state index in [2.05, 4.69) is 5.32 Å². The summed E-state index contributed by atoms with van der Waals surface area (Å²) in [7, 11) is 0. The van der Waals surface area contributed by atoms with Crippen LogP contribution >= 0.6 is 11.6 Å². The Morgan fingerprint density at radius 2 is 1.94 bits per heavy atom. The number of hydrogen-bond acceptors (Lipinski definition) is 5. The molecule has 9 heteroatoms. The number of amides is 2. The standard InChI is InChI=1S/C24H31ClN4O4/c25-18-6-7-20-21(11-18)33-24(32)29(20)15-23(31)28-13-16-10-17(14-28)19(26-12-16)4-3-5-22(30)27-8-1-2-9-27/h6-7,11,16-17,19,26H,1-5,8-10,12-15H2. The van der Waals surface area contributed by atoms with Crippen molar-refractivity contribution in [3.8, 4) is 0 Å². The molecule has 178 valence electrons. The quantitative estimate of drug-likeness (QED) is 0.695. The number of piperidine rings is 2. The number of rotatable bonds is 6. The highest BCUT2D eigenvalue weighted by Crippen LogP contribution is 2.31. The van der Waals surface area contributed by atoms with E-state index in [1.54, 1.807) is 18.2 Å². The van der Waals surface area contributed by atoms with Crippen LogP contribution in [0.1, 0.15) is 38.5 Å². The SMILES string of the molecule is O=C(CCCC1NCC2CC1CN(C(=O)Cn1c(=O)oc3cc(Cl)ccc31)C2)N1CCCC1. The molecule has 0 aliphatic carbocycles. The molecule has 1 aromatic carbocycles. The molecule has 3 unspecified atom stereocenters. The summed E-state index contributed by atoms with van der Waals surface area (Å²) in [5.74, 6) is 0.474. The fraction of sp³-hybridized carbons (Fsp3) is 0.625. The number of fused-ring (bicyclic) bond motifs is 3. The molecule has 3 saturated heterocycles. The topological polar surface area (TPSA) is 87.8 Å². The number of oxazole rings is 1. The van der Waals surface area contributed by atoms with Gasteiger partial charge >= 0.3 is 5.76 Å². The average Bonchev–Trinajstić information content (AvgIpc) is 3.43. The van der Waals surface area contributed by atoms with Crippen molar-refractivity contribution < 1.29 is 14.0 Å². The lowest BCUT2D eigenvalue weighted by Gasteiger charge is -2.46. The van der Waals surface area contributed by atoms with Gasteiger partial charge in [0.25, 0.3) is 0 Å². The third-order valence-electron chi connectivity index (χ3n) is 7.45. The van der Waals surface area contributed by atoms with Crippen molar-refractivity contribution in [3.05, 3.63) is 33.8 Å². The molecule has 3 atom stereocenters. The Kier molecular flexibility index (Phi) is 6.47. The maximum absolute atomic E-state index is 13.1. The third kappa shape index (κ3) is 4.82. The number of nitrogens with one attached hydrogen (secondary N) is 1. The molecule has 2 aromatic rings. The number of benzene rings is 1. The Morgan fingerprint density at radius 1 is 1.12 bits per heavy atom. The van der Waals surface area contributed by atoms with Crippen LogP contribution in [0.5, 0.6) is 0 Å². The lowest BCUT2D eigenvalue weighted by Crippen LogP contribution is -2.57. The molecule has 5 rings (SSSR count). The van der Waals surface area contributed by atoms with Gasteiger partial charge in [-0.3, -0.25) is 14.2 Å². The van der Waals surface area contributed by atoms with Crippen LogP contribution in [0, 0.1) is 11.8 Å². The average molecular weight is 475 g/mol. The van der Waals surface area contributed by atoms with Gasteiger partial charge in [0.05, 0.1) is 5.52 Å². The Morgan fingerprint density at radius 3 is 2.76 bits per heavy atom. The summed E-state index contributed by atoms with van der Waals surface area (Å²) in [4.78, 5) is 41.7. The Balaban J connectivity index is 1.19. The van der Waals surface area contributed by atoms with Crippen molar-refractivity contribution in [3.63, 3.8) is 0 Å². The zero-order valence-corrected chi connectivity index (χ0v) is 19.6. The van der Waals surface area contributed by atoms with Crippen molar-refractivity contribution in [1.29, 1.82) is 0 Å². The summed E-state index contributed by atoms with van der Waals surface area (Å²) in [6, 6.07) is 5.32. The van der Waals surface area contributed by atoms with Gasteiger partial charge in [-0.2, -0.15) is 0 Å². The molecule has 4 heterocycles. The Bertz CT molecular complexity index is 1090. The number of likely N-dealkylation sites (tertiary alicyclic amines) is 2. The maximum Gasteiger partial charge on any atom is 0.420 e. The van der Waals surface area contributed by atoms with E-state index in [1.165, 1.54) is 4.57 Å². The highest BCUT2D eigenvalue weighted by atomic mass is 35.5. The van der Waals surface area contributed by atoms with E-state index in [0.29, 0.717) is 53.5 Å². The van der Waals surface area contributed by atoms with Crippen molar-refractivity contribution in [2.24, 2.45) is 11.8 Å². The second kappa shape index (κ2) is 9.50. The van der Waals surface area contributed by atoms with Gasteiger partial charge in [0.15, 0.2) is 5.58 Å². The molecule has 33 heavy (non-hydrogen) atoms. The van der Waals surface area contributed by atoms with Crippen LogP contribution in [0.2, 0.25) is 5.02 Å². The summed E-state index contributed by atoms with van der Waals surface area (Å²) < 4.78 is 6.66. The smallest absolute Gasteiger partial charge is 0.408 e. The normalized spacial score (nSPS) is 25.1. The minimum atomic E-state index is -0.542. The van der Waals surface area contributed by atoms with E-state index in [9.17, 15) is 14.4 Å². The number of aromatic nitrogens is 1. The number of halogens is 1. The predicted molar refractivity (Wildman–Crippen MR) is 125 cm³/mol. The minimum Gasteiger partial charge on any atom is -0.408 e. The van der Waals surface area contributed by atoms with Crippen molar-refractivity contribution in [1.82, 2.24) is 19.7 Å². The van der Waals surface area contributed by atoms with E-state index in [1.807, 2.05) is 9.80 Å². The van der Waals surface area contributed by atoms with Crippen LogP contribution in [0.15, 0.2) is 27.4 Å². The first kappa shape index (κ1) is 22.5. The maximum atomic E-state index is 13.1. The minimum absolute atomic E-state index is 0.0324. The van der Waals surface area contributed by atoms with E-state index >= 15 is 0 Å². The second-order valence-corrected chi connectivity index (χ2v) is 10.2. The fourth-order valence-electron chi connectivity index (χ4n) is 5.74. The molecule has 2 amide bonds. The van der Waals surface area contributed by atoms with Gasteiger partial charge in [0, 0.05) is 49.7 Å². The van der Waals surface area contributed by atoms with Crippen LogP contribution in [0.3, 0.4) is 0 Å². The van der Waals surface area contributed by atoms with E-state index < -0.39 is 5.76 Å². The molecule has 0 radical (unpaired) electrons. The van der Waals surface area contributed by atoms with E-state index in [-0.39, 0.29) is 18.4 Å². The van der Waals surface area contributed by atoms with Gasteiger partial charge in [0.1, 0.15) is 6.54 Å². The van der Waals surface area contributed by atoms with Crippen molar-refractivity contribution >= 4 is 34.5 Å². The molecule has 1 N–H and O–H groups in total. The first-order valence-electron chi connectivity index (χ1n) is 12.1. The van der Waals surface area contributed by atoms with Gasteiger partial charge in [0.2, 0.25) is 11.8 Å². The monoisotopic (exact) mass is 474 g/mol. The Hall–Kier alpha value is -2.32. The van der Waals surface area contributed by atoms with Crippen molar-refractivity contribution in [2.75, 3.05) is 32.7 Å². The van der Waals surface area contributed by atoms with Crippen LogP contribution < -0.4 is 11.1 Å². The van der Waals surface area contributed by atoms with E-state index in [0.717, 1.165) is 51.7 Å². The number of carbonyl (C=O) groups excluding carboxylic acids is 2. The summed E-state index contributed by atoms with van der Waals surface area (Å²) in [6.45, 7) is 4.06. The zero-order valence-electron chi connectivity index (χ0n) is 18.8. The fourth-order valence-corrected chi connectivity index (χ4v) is 5.90. The third-order valence-corrected chi connectivity index (χ3v) is 7.68. The highest BCUT2D eigenvalue weighted by molar-refractivity contribution is 6.31. The first-order chi connectivity index (χ1) is 16.0. The van der Waals surface area contributed by atoms with Gasteiger partial charge in [-0.1, -0.05) is 11.6 Å². The molecule has 1 aromatic heterocycles. The summed E-state index contributed by atoms with van der Waals surface area (Å²) >= 11 is 5.99. The van der Waals surface area contributed by atoms with Gasteiger partial charge in [-0.25, -0.2) is 4.79 Å². The summed E-state index contributed by atoms with van der Waals surface area (Å²) in [5, 5.41) is 4.15. The van der Waals surface area contributed by atoms with Crippen molar-refractivity contribution in [2.45, 2.75) is 51.1 Å². The second-order valence-electron chi connectivity index (χ2n) is 9.72. The largest absolute Gasteiger partial charge is 0.420 e. The molecule has 3 aliphatic rings. The number of hydrogen-bond donors (Lipinski definition) is 1. The summed E-state index contributed by atoms with van der Waals surface area (Å²) in [5.41, 5.74) is 0.973. The molecule has 0 saturated carbocycles. The van der Waals surface area contributed by atoms with E-state index in [4.69, 9.17) is 16.0 Å². The molecule has 8 nitrogen and oxygen atoms in total. The number of nitrogens with zero attached hydrogens (tertiary/aromatic N) is 3. The molecular weight excluding hydrogens is 444 g/mol. The van der Waals surface area contributed by atoms with Gasteiger partial charge in [-0.15, -0.1) is 0 Å². The lowest BCUT2D eigenvalue weighted by atomic mass is 9.79.